The molecule has 0 aliphatic carbocycles. The van der Waals surface area contributed by atoms with Gasteiger partial charge in [0.25, 0.3) is 0 Å². The highest BCUT2D eigenvalue weighted by Gasteiger charge is 2.21. The fourth-order valence-electron chi connectivity index (χ4n) is 7.24. The Balaban J connectivity index is 0.972. The molecule has 14 heteroatoms. The SMILES string of the molecule is CCOc1ccc(OC(=O)c2ccc(C(=O)Oc3ccc(OCC)cc3)c(OCCCCCCCCCCOc3cc(C(=O)Oc4ccc(OCC)cc4)ccc3C(=O)Oc3ccc(OCC)cc3)c2)cc1. The van der Waals surface area contributed by atoms with E-state index in [0.717, 1.165) is 51.4 Å². The van der Waals surface area contributed by atoms with Crippen LogP contribution in [0.3, 0.4) is 0 Å². The van der Waals surface area contributed by atoms with Gasteiger partial charge in [-0.15, -0.1) is 0 Å². The smallest absolute Gasteiger partial charge is 0.347 e. The minimum atomic E-state index is -0.636. The van der Waals surface area contributed by atoms with Crippen LogP contribution in [0, 0.1) is 0 Å². The van der Waals surface area contributed by atoms with Crippen molar-refractivity contribution in [1.29, 1.82) is 0 Å². The second kappa shape index (κ2) is 28.6. The van der Waals surface area contributed by atoms with Crippen molar-refractivity contribution < 1.29 is 66.5 Å². The molecule has 0 aromatic heterocycles. The van der Waals surface area contributed by atoms with Gasteiger partial charge in [-0.2, -0.15) is 0 Å². The summed E-state index contributed by atoms with van der Waals surface area (Å²) in [7, 11) is 0. The number of ether oxygens (including phenoxy) is 10. The van der Waals surface area contributed by atoms with E-state index in [1.165, 1.54) is 36.4 Å². The lowest BCUT2D eigenvalue weighted by Crippen LogP contribution is -2.14. The number of hydrogen-bond donors (Lipinski definition) is 0. The molecule has 6 aromatic carbocycles. The number of rotatable bonds is 29. The molecule has 6 aromatic rings. The van der Waals surface area contributed by atoms with Crippen LogP contribution in [0.4, 0.5) is 0 Å². The highest BCUT2D eigenvalue weighted by molar-refractivity contribution is 5.98. The summed E-state index contributed by atoms with van der Waals surface area (Å²) < 4.78 is 56.8. The molecular weight excluding hydrogens is 921 g/mol. The summed E-state index contributed by atoms with van der Waals surface area (Å²) in [5.41, 5.74) is 0.750. The maximum absolute atomic E-state index is 13.4. The third-order valence-electron chi connectivity index (χ3n) is 10.8. The highest BCUT2D eigenvalue weighted by Crippen LogP contribution is 2.29. The summed E-state index contributed by atoms with van der Waals surface area (Å²) in [6, 6.07) is 36.0. The van der Waals surface area contributed by atoms with E-state index in [-0.39, 0.29) is 33.8 Å². The van der Waals surface area contributed by atoms with Crippen molar-refractivity contribution in [3.05, 3.63) is 156 Å². The van der Waals surface area contributed by atoms with Crippen LogP contribution in [-0.2, 0) is 0 Å². The van der Waals surface area contributed by atoms with Gasteiger partial charge in [-0.05, 0) is 174 Å². The highest BCUT2D eigenvalue weighted by atomic mass is 16.6. The quantitative estimate of drug-likeness (QED) is 0.0248. The van der Waals surface area contributed by atoms with Gasteiger partial charge in [-0.25, -0.2) is 19.2 Å². The van der Waals surface area contributed by atoms with Gasteiger partial charge in [0.15, 0.2) is 0 Å². The fourth-order valence-corrected chi connectivity index (χ4v) is 7.24. The van der Waals surface area contributed by atoms with Crippen LogP contribution in [0.15, 0.2) is 133 Å². The molecule has 0 spiro atoms. The van der Waals surface area contributed by atoms with Crippen LogP contribution >= 0.6 is 0 Å². The average Bonchev–Trinajstić information content (AvgIpc) is 3.39. The Labute approximate surface area is 421 Å². The largest absolute Gasteiger partial charge is 0.494 e. The number of unbranched alkanes of at least 4 members (excludes halogenated alkanes) is 7. The van der Waals surface area contributed by atoms with Crippen LogP contribution in [0.2, 0.25) is 0 Å². The lowest BCUT2D eigenvalue weighted by atomic mass is 10.1. The molecule has 0 amide bonds. The molecular formula is C58H62O14. The van der Waals surface area contributed by atoms with Gasteiger partial charge in [-0.3, -0.25) is 0 Å². The topological polar surface area (TPSA) is 161 Å². The maximum Gasteiger partial charge on any atom is 0.347 e. The van der Waals surface area contributed by atoms with E-state index < -0.39 is 23.9 Å². The Morgan fingerprint density at radius 3 is 0.819 bits per heavy atom. The first-order valence-corrected chi connectivity index (χ1v) is 24.5. The lowest BCUT2D eigenvalue weighted by Gasteiger charge is -2.14. The second-order valence-corrected chi connectivity index (χ2v) is 16.1. The number of benzene rings is 6. The molecule has 0 aliphatic rings. The number of carbonyl (C=O) groups excluding carboxylic acids is 4. The Morgan fingerprint density at radius 1 is 0.292 bits per heavy atom. The number of carbonyl (C=O) groups is 4. The van der Waals surface area contributed by atoms with Crippen molar-refractivity contribution in [2.75, 3.05) is 39.6 Å². The predicted octanol–water partition coefficient (Wildman–Crippen LogP) is 12.7. The first-order chi connectivity index (χ1) is 35.2. The Hall–Kier alpha value is -8.00. The molecule has 0 aliphatic heterocycles. The van der Waals surface area contributed by atoms with E-state index in [4.69, 9.17) is 47.4 Å². The molecule has 0 saturated carbocycles. The van der Waals surface area contributed by atoms with Gasteiger partial charge in [-0.1, -0.05) is 38.5 Å². The standard InChI is InChI=1S/C58H62O14/c1-5-63-43-19-27-47(28-20-43)69-55(59)41-17-35-51(57(61)71-49-31-23-45(24-32-49)65-7-3)53(39-41)67-37-15-13-11-9-10-12-14-16-38-68-54-40-42(56(60)70-48-29-21-44(22-30-48)64-6-2)18-36-52(54)58(62)72-50-33-25-46(26-34-50)66-8-4/h17-36,39-40H,5-16,37-38H2,1-4H3. The van der Waals surface area contributed by atoms with Crippen molar-refractivity contribution in [1.82, 2.24) is 0 Å². The van der Waals surface area contributed by atoms with Crippen molar-refractivity contribution in [2.45, 2.75) is 79.1 Å². The van der Waals surface area contributed by atoms with Crippen molar-refractivity contribution >= 4 is 23.9 Å². The molecule has 0 fully saturated rings. The van der Waals surface area contributed by atoms with Gasteiger partial charge in [0, 0.05) is 0 Å². The van der Waals surface area contributed by atoms with Crippen molar-refractivity contribution in [2.24, 2.45) is 0 Å². The van der Waals surface area contributed by atoms with E-state index in [0.29, 0.717) is 85.6 Å². The Morgan fingerprint density at radius 2 is 0.542 bits per heavy atom. The molecule has 0 bridgehead atoms. The Kier molecular flexibility index (Phi) is 21.2. The zero-order chi connectivity index (χ0) is 50.9. The third kappa shape index (κ3) is 16.9. The molecule has 378 valence electrons. The minimum absolute atomic E-state index is 0.167. The zero-order valence-electron chi connectivity index (χ0n) is 41.3. The summed E-state index contributed by atoms with van der Waals surface area (Å²) in [6.07, 6.45) is 7.18. The molecule has 0 unspecified atom stereocenters. The van der Waals surface area contributed by atoms with Crippen LogP contribution in [0.5, 0.6) is 57.5 Å². The summed E-state index contributed by atoms with van der Waals surface area (Å²) in [5, 5.41) is 0. The van der Waals surface area contributed by atoms with E-state index in [1.807, 2.05) is 27.7 Å². The van der Waals surface area contributed by atoms with Crippen LogP contribution in [0.25, 0.3) is 0 Å². The van der Waals surface area contributed by atoms with Crippen LogP contribution in [-0.4, -0.2) is 63.5 Å². The second-order valence-electron chi connectivity index (χ2n) is 16.1. The maximum atomic E-state index is 13.4. The van der Waals surface area contributed by atoms with Crippen LogP contribution < -0.4 is 47.4 Å². The zero-order valence-corrected chi connectivity index (χ0v) is 41.3. The van der Waals surface area contributed by atoms with Crippen molar-refractivity contribution in [3.63, 3.8) is 0 Å². The fraction of sp³-hybridized carbons (Fsp3) is 0.310. The van der Waals surface area contributed by atoms with Gasteiger partial charge >= 0.3 is 23.9 Å². The number of esters is 4. The molecule has 0 radical (unpaired) electrons. The van der Waals surface area contributed by atoms with Crippen LogP contribution in [0.1, 0.15) is 120 Å². The Bertz CT molecular complexity index is 2460. The summed E-state index contributed by atoms with van der Waals surface area (Å²) in [5.74, 6) is 1.91. The molecule has 0 saturated heterocycles. The molecule has 14 nitrogen and oxygen atoms in total. The van der Waals surface area contributed by atoms with E-state index in [9.17, 15) is 19.2 Å². The van der Waals surface area contributed by atoms with Crippen molar-refractivity contribution in [3.8, 4) is 57.5 Å². The third-order valence-corrected chi connectivity index (χ3v) is 10.8. The van der Waals surface area contributed by atoms with Gasteiger partial charge in [0.2, 0.25) is 0 Å². The summed E-state index contributed by atoms with van der Waals surface area (Å²) >= 11 is 0. The van der Waals surface area contributed by atoms with Gasteiger partial charge in [0.05, 0.1) is 50.8 Å². The molecule has 6 rings (SSSR count). The van der Waals surface area contributed by atoms with Gasteiger partial charge < -0.3 is 47.4 Å². The molecule has 0 atom stereocenters. The molecule has 0 heterocycles. The van der Waals surface area contributed by atoms with E-state index in [1.54, 1.807) is 97.1 Å². The monoisotopic (exact) mass is 982 g/mol. The normalized spacial score (nSPS) is 10.7. The minimum Gasteiger partial charge on any atom is -0.494 e. The van der Waals surface area contributed by atoms with Gasteiger partial charge in [0.1, 0.15) is 68.6 Å². The first-order valence-electron chi connectivity index (χ1n) is 24.5. The van der Waals surface area contributed by atoms with E-state index in [2.05, 4.69) is 0 Å². The summed E-state index contributed by atoms with van der Waals surface area (Å²) in [6.45, 7) is 10.2. The molecule has 72 heavy (non-hydrogen) atoms. The summed E-state index contributed by atoms with van der Waals surface area (Å²) in [4.78, 5) is 53.2. The predicted molar refractivity (Wildman–Crippen MR) is 271 cm³/mol. The molecule has 0 N–H and O–H groups in total. The lowest BCUT2D eigenvalue weighted by molar-refractivity contribution is 0.0715. The number of hydrogen-bond acceptors (Lipinski definition) is 14. The first kappa shape index (κ1) is 53.4. The average molecular weight is 983 g/mol. The van der Waals surface area contributed by atoms with E-state index >= 15 is 0 Å².